The van der Waals surface area contributed by atoms with Crippen LogP contribution in [0.25, 0.3) is 0 Å². The number of nitrogens with zero attached hydrogens (tertiary/aromatic N) is 5. The van der Waals surface area contributed by atoms with Gasteiger partial charge in [-0.05, 0) is 63.7 Å². The first kappa shape index (κ1) is 18.2. The van der Waals surface area contributed by atoms with Gasteiger partial charge in [-0.2, -0.15) is 5.26 Å². The Morgan fingerprint density at radius 1 is 1.22 bits per heavy atom. The Morgan fingerprint density at radius 3 is 2.67 bits per heavy atom. The molecule has 3 aliphatic heterocycles. The quantitative estimate of drug-likeness (QED) is 0.802. The van der Waals surface area contributed by atoms with Gasteiger partial charge in [0.1, 0.15) is 11.9 Å². The van der Waals surface area contributed by atoms with Crippen molar-refractivity contribution < 1.29 is 4.79 Å². The van der Waals surface area contributed by atoms with Crippen LogP contribution in [0.4, 0.5) is 5.82 Å². The molecule has 0 saturated carbocycles. The van der Waals surface area contributed by atoms with Gasteiger partial charge in [-0.3, -0.25) is 4.79 Å². The van der Waals surface area contributed by atoms with E-state index >= 15 is 0 Å². The molecule has 0 aromatic carbocycles. The van der Waals surface area contributed by atoms with Gasteiger partial charge in [-0.15, -0.1) is 0 Å². The predicted molar refractivity (Wildman–Crippen MR) is 104 cm³/mol. The number of aryl methyl sites for hydroxylation is 1. The summed E-state index contributed by atoms with van der Waals surface area (Å²) < 4.78 is 0. The van der Waals surface area contributed by atoms with Crippen LogP contribution >= 0.6 is 0 Å². The van der Waals surface area contributed by atoms with Gasteiger partial charge in [0.05, 0.1) is 5.56 Å². The minimum absolute atomic E-state index is 0.238. The number of likely N-dealkylation sites (N-methyl/N-ethyl adjacent to an activating group) is 1. The topological polar surface area (TPSA) is 63.5 Å². The van der Waals surface area contributed by atoms with Crippen LogP contribution in [0.5, 0.6) is 0 Å². The zero-order valence-corrected chi connectivity index (χ0v) is 16.4. The van der Waals surface area contributed by atoms with Crippen LogP contribution in [-0.4, -0.2) is 66.5 Å². The SMILES string of the molecule is Cc1ccc(C#N)c(N2CCC3(CCC(=O)N([C@@H]4CCN(C)C4)C3)CC2)n1. The lowest BCUT2D eigenvalue weighted by Gasteiger charge is -2.49. The fraction of sp³-hybridized carbons (Fsp3) is 0.667. The third-order valence-electron chi connectivity index (χ3n) is 6.76. The lowest BCUT2D eigenvalue weighted by molar-refractivity contribution is -0.141. The Hall–Kier alpha value is -2.13. The third kappa shape index (κ3) is 3.53. The minimum Gasteiger partial charge on any atom is -0.355 e. The zero-order chi connectivity index (χ0) is 19.0. The number of nitriles is 1. The molecule has 4 heterocycles. The molecule has 1 aromatic rings. The molecule has 1 spiro atoms. The van der Waals surface area contributed by atoms with E-state index in [1.54, 1.807) is 0 Å². The summed E-state index contributed by atoms with van der Waals surface area (Å²) in [7, 11) is 2.14. The largest absolute Gasteiger partial charge is 0.355 e. The Morgan fingerprint density at radius 2 is 2.00 bits per heavy atom. The van der Waals surface area contributed by atoms with Crippen molar-refractivity contribution in [2.24, 2.45) is 5.41 Å². The molecule has 0 aliphatic carbocycles. The number of pyridine rings is 1. The van der Waals surface area contributed by atoms with E-state index in [0.717, 1.165) is 69.9 Å². The Bertz CT molecular complexity index is 762. The number of rotatable bonds is 2. The number of anilines is 1. The highest BCUT2D eigenvalue weighted by atomic mass is 16.2. The molecule has 6 heteroatoms. The zero-order valence-electron chi connectivity index (χ0n) is 16.4. The predicted octanol–water partition coefficient (Wildman–Crippen LogP) is 2.17. The second-order valence-electron chi connectivity index (χ2n) is 8.65. The van der Waals surface area contributed by atoms with Crippen molar-refractivity contribution in [3.8, 4) is 6.07 Å². The second-order valence-corrected chi connectivity index (χ2v) is 8.65. The standard InChI is InChI=1S/C21H29N5O/c1-16-3-4-17(13-22)20(23-16)25-11-8-21(9-12-25)7-5-19(27)26(15-21)18-6-10-24(2)14-18/h3-4,18H,5-12,14-15H2,1-2H3/t18-/m1/s1. The summed E-state index contributed by atoms with van der Waals surface area (Å²) in [4.78, 5) is 24.0. The molecule has 3 aliphatic rings. The second kappa shape index (κ2) is 7.12. The lowest BCUT2D eigenvalue weighted by atomic mass is 9.72. The highest BCUT2D eigenvalue weighted by Gasteiger charge is 2.44. The maximum atomic E-state index is 12.6. The average Bonchev–Trinajstić information content (AvgIpc) is 3.11. The van der Waals surface area contributed by atoms with Crippen molar-refractivity contribution in [1.29, 1.82) is 5.26 Å². The van der Waals surface area contributed by atoms with Crippen molar-refractivity contribution in [1.82, 2.24) is 14.8 Å². The molecule has 0 bridgehead atoms. The van der Waals surface area contributed by atoms with Crippen LogP contribution in [-0.2, 0) is 4.79 Å². The smallest absolute Gasteiger partial charge is 0.222 e. The van der Waals surface area contributed by atoms with Gasteiger partial charge in [0.25, 0.3) is 0 Å². The van der Waals surface area contributed by atoms with E-state index in [1.807, 2.05) is 19.1 Å². The summed E-state index contributed by atoms with van der Waals surface area (Å²) >= 11 is 0. The number of aromatic nitrogens is 1. The highest BCUT2D eigenvalue weighted by molar-refractivity contribution is 5.77. The van der Waals surface area contributed by atoms with Crippen LogP contribution in [0, 0.1) is 23.7 Å². The molecule has 0 radical (unpaired) electrons. The van der Waals surface area contributed by atoms with Gasteiger partial charge in [0.2, 0.25) is 5.91 Å². The van der Waals surface area contributed by atoms with E-state index < -0.39 is 0 Å². The summed E-state index contributed by atoms with van der Waals surface area (Å²) in [6, 6.07) is 6.45. The van der Waals surface area contributed by atoms with Crippen molar-refractivity contribution in [3.63, 3.8) is 0 Å². The van der Waals surface area contributed by atoms with Gasteiger partial charge in [0.15, 0.2) is 0 Å². The van der Waals surface area contributed by atoms with Crippen LogP contribution < -0.4 is 4.90 Å². The average molecular weight is 367 g/mol. The van der Waals surface area contributed by atoms with Gasteiger partial charge >= 0.3 is 0 Å². The number of piperidine rings is 2. The summed E-state index contributed by atoms with van der Waals surface area (Å²) in [5, 5.41) is 9.42. The number of carbonyl (C=O) groups is 1. The van der Waals surface area contributed by atoms with Crippen LogP contribution in [0.1, 0.15) is 43.4 Å². The first-order chi connectivity index (χ1) is 13.0. The van der Waals surface area contributed by atoms with Crippen LogP contribution in [0.3, 0.4) is 0 Å². The lowest BCUT2D eigenvalue weighted by Crippen LogP contribution is -2.55. The Balaban J connectivity index is 1.46. The van der Waals surface area contributed by atoms with Crippen molar-refractivity contribution >= 4 is 11.7 Å². The molecular weight excluding hydrogens is 338 g/mol. The van der Waals surface area contributed by atoms with E-state index in [9.17, 15) is 10.1 Å². The molecule has 27 heavy (non-hydrogen) atoms. The van der Waals surface area contributed by atoms with E-state index in [-0.39, 0.29) is 5.41 Å². The van der Waals surface area contributed by atoms with Crippen molar-refractivity contribution in [2.75, 3.05) is 44.7 Å². The summed E-state index contributed by atoms with van der Waals surface area (Å²) in [5.74, 6) is 1.17. The van der Waals surface area contributed by atoms with Gasteiger partial charge < -0.3 is 14.7 Å². The van der Waals surface area contributed by atoms with Crippen LogP contribution in [0.2, 0.25) is 0 Å². The summed E-state index contributed by atoms with van der Waals surface area (Å²) in [6.07, 6.45) is 4.93. The van der Waals surface area contributed by atoms with E-state index in [2.05, 4.69) is 32.8 Å². The highest BCUT2D eigenvalue weighted by Crippen LogP contribution is 2.42. The molecule has 3 fully saturated rings. The van der Waals surface area contributed by atoms with Gasteiger partial charge in [-0.1, -0.05) is 0 Å². The summed E-state index contributed by atoms with van der Waals surface area (Å²) in [5.41, 5.74) is 1.84. The van der Waals surface area contributed by atoms with Crippen molar-refractivity contribution in [3.05, 3.63) is 23.4 Å². The molecule has 1 aromatic heterocycles. The first-order valence-corrected chi connectivity index (χ1v) is 10.1. The molecule has 1 atom stereocenters. The normalized spacial score (nSPS) is 25.8. The molecular formula is C21H29N5O. The Labute approximate surface area is 161 Å². The Kier molecular flexibility index (Phi) is 4.81. The number of hydrogen-bond acceptors (Lipinski definition) is 5. The number of carbonyl (C=O) groups excluding carboxylic acids is 1. The van der Waals surface area contributed by atoms with Crippen LogP contribution in [0.15, 0.2) is 12.1 Å². The summed E-state index contributed by atoms with van der Waals surface area (Å²) in [6.45, 7) is 6.80. The van der Waals surface area contributed by atoms with E-state index in [0.29, 0.717) is 23.9 Å². The van der Waals surface area contributed by atoms with E-state index in [1.165, 1.54) is 0 Å². The fourth-order valence-electron chi connectivity index (χ4n) is 5.02. The molecule has 4 rings (SSSR count). The molecule has 0 unspecified atom stereocenters. The fourth-order valence-corrected chi connectivity index (χ4v) is 5.02. The molecule has 144 valence electrons. The van der Waals surface area contributed by atoms with Gasteiger partial charge in [-0.25, -0.2) is 4.98 Å². The maximum Gasteiger partial charge on any atom is 0.222 e. The third-order valence-corrected chi connectivity index (χ3v) is 6.76. The molecule has 3 saturated heterocycles. The van der Waals surface area contributed by atoms with Crippen molar-refractivity contribution in [2.45, 2.75) is 45.1 Å². The molecule has 6 nitrogen and oxygen atoms in total. The van der Waals surface area contributed by atoms with E-state index in [4.69, 9.17) is 0 Å². The number of hydrogen-bond donors (Lipinski definition) is 0. The molecule has 0 N–H and O–H groups in total. The minimum atomic E-state index is 0.238. The maximum absolute atomic E-state index is 12.6. The van der Waals surface area contributed by atoms with Gasteiger partial charge in [0, 0.05) is 44.3 Å². The number of amides is 1. The number of likely N-dealkylation sites (tertiary alicyclic amines) is 2. The first-order valence-electron chi connectivity index (χ1n) is 10.1. The monoisotopic (exact) mass is 367 g/mol. The molecule has 1 amide bonds.